The molecule has 3 heterocycles. The number of carbonyl (C=O) groups is 1. The van der Waals surface area contributed by atoms with Crippen molar-refractivity contribution in [3.63, 3.8) is 0 Å². The minimum Gasteiger partial charge on any atom is -0.497 e. The van der Waals surface area contributed by atoms with E-state index >= 15 is 0 Å². The van der Waals surface area contributed by atoms with Crippen molar-refractivity contribution in [2.75, 3.05) is 32.6 Å². The number of anilines is 1. The molecule has 29 heavy (non-hydrogen) atoms. The van der Waals surface area contributed by atoms with Gasteiger partial charge in [0.1, 0.15) is 11.5 Å². The Morgan fingerprint density at radius 2 is 2.07 bits per heavy atom. The lowest BCUT2D eigenvalue weighted by Gasteiger charge is -2.19. The molecular formula is C20H23N5O4. The fourth-order valence-corrected chi connectivity index (χ4v) is 3.76. The summed E-state index contributed by atoms with van der Waals surface area (Å²) in [5.41, 5.74) is 1.83. The van der Waals surface area contributed by atoms with E-state index < -0.39 is 0 Å². The second-order valence-corrected chi connectivity index (χ2v) is 6.94. The number of hydrogen-bond donors (Lipinski definition) is 1. The Hall–Kier alpha value is -3.49. The Morgan fingerprint density at radius 1 is 1.24 bits per heavy atom. The molecule has 3 aromatic rings. The summed E-state index contributed by atoms with van der Waals surface area (Å²) >= 11 is 0. The third kappa shape index (κ3) is 3.28. The number of rotatable bonds is 4. The summed E-state index contributed by atoms with van der Waals surface area (Å²) in [6, 6.07) is 8.52. The number of nitrogens with zero attached hydrogens (tertiary/aromatic N) is 4. The van der Waals surface area contributed by atoms with Gasteiger partial charge in [0.05, 0.1) is 31.5 Å². The average Bonchev–Trinajstić information content (AvgIpc) is 3.32. The highest BCUT2D eigenvalue weighted by atomic mass is 16.5. The second-order valence-electron chi connectivity index (χ2n) is 6.94. The maximum absolute atomic E-state index is 12.8. The average molecular weight is 397 g/mol. The molecule has 9 nitrogen and oxygen atoms in total. The first-order valence-corrected chi connectivity index (χ1v) is 9.33. The lowest BCUT2D eigenvalue weighted by molar-refractivity contribution is 0.220. The van der Waals surface area contributed by atoms with E-state index in [0.717, 1.165) is 5.52 Å². The number of methoxy groups -OCH3 is 2. The van der Waals surface area contributed by atoms with Gasteiger partial charge in [0.15, 0.2) is 5.65 Å². The summed E-state index contributed by atoms with van der Waals surface area (Å²) in [4.78, 5) is 31.6. The zero-order valence-corrected chi connectivity index (χ0v) is 16.6. The van der Waals surface area contributed by atoms with Gasteiger partial charge in [-0.05, 0) is 30.7 Å². The van der Waals surface area contributed by atoms with Gasteiger partial charge in [-0.1, -0.05) is 0 Å². The molecule has 9 heteroatoms. The molecule has 1 atom stereocenters. The maximum atomic E-state index is 12.8. The van der Waals surface area contributed by atoms with E-state index in [0.29, 0.717) is 42.3 Å². The van der Waals surface area contributed by atoms with E-state index in [1.165, 1.54) is 0 Å². The van der Waals surface area contributed by atoms with Crippen LogP contribution >= 0.6 is 0 Å². The van der Waals surface area contributed by atoms with E-state index in [9.17, 15) is 9.59 Å². The van der Waals surface area contributed by atoms with Gasteiger partial charge in [0, 0.05) is 32.4 Å². The van der Waals surface area contributed by atoms with Crippen molar-refractivity contribution in [1.82, 2.24) is 19.0 Å². The summed E-state index contributed by atoms with van der Waals surface area (Å²) < 4.78 is 13.8. The number of pyridine rings is 1. The highest BCUT2D eigenvalue weighted by molar-refractivity contribution is 5.91. The van der Waals surface area contributed by atoms with Gasteiger partial charge in [-0.25, -0.2) is 14.6 Å². The van der Waals surface area contributed by atoms with Crippen LogP contribution in [0.15, 0.2) is 41.3 Å². The van der Waals surface area contributed by atoms with Crippen LogP contribution in [0.5, 0.6) is 11.5 Å². The number of aromatic nitrogens is 3. The third-order valence-electron chi connectivity index (χ3n) is 5.31. The summed E-state index contributed by atoms with van der Waals surface area (Å²) in [6.45, 7) is 0.964. The van der Waals surface area contributed by atoms with Crippen LogP contribution in [-0.4, -0.2) is 52.4 Å². The monoisotopic (exact) mass is 397 g/mol. The number of likely N-dealkylation sites (tertiary alicyclic amines) is 1. The first-order chi connectivity index (χ1) is 14.0. The zero-order chi connectivity index (χ0) is 20.5. The third-order valence-corrected chi connectivity index (χ3v) is 5.31. The molecule has 1 aromatic carbocycles. The molecule has 4 rings (SSSR count). The van der Waals surface area contributed by atoms with E-state index in [4.69, 9.17) is 9.47 Å². The highest BCUT2D eigenvalue weighted by Gasteiger charge is 2.31. The van der Waals surface area contributed by atoms with Crippen LogP contribution < -0.4 is 20.5 Å². The molecule has 1 saturated heterocycles. The van der Waals surface area contributed by atoms with Gasteiger partial charge >= 0.3 is 11.7 Å². The molecule has 2 aromatic heterocycles. The predicted octanol–water partition coefficient (Wildman–Crippen LogP) is 2.23. The van der Waals surface area contributed by atoms with Crippen molar-refractivity contribution >= 4 is 22.9 Å². The molecule has 0 aliphatic carbocycles. The second kappa shape index (κ2) is 7.50. The number of fused-ring (bicyclic) bond motifs is 1. The molecule has 0 bridgehead atoms. The first-order valence-electron chi connectivity index (χ1n) is 9.33. The normalized spacial score (nSPS) is 16.2. The van der Waals surface area contributed by atoms with Gasteiger partial charge in [-0.15, -0.1) is 0 Å². The molecule has 1 N–H and O–H groups in total. The number of benzene rings is 1. The Bertz CT molecular complexity index is 1120. The Labute approximate surface area is 167 Å². The fraction of sp³-hybridized carbons (Fsp3) is 0.350. The van der Waals surface area contributed by atoms with Crippen molar-refractivity contribution in [3.05, 3.63) is 47.0 Å². The lowest BCUT2D eigenvalue weighted by Crippen LogP contribution is -2.34. The van der Waals surface area contributed by atoms with Crippen LogP contribution in [0.2, 0.25) is 0 Å². The van der Waals surface area contributed by atoms with Crippen molar-refractivity contribution in [2.24, 2.45) is 7.05 Å². The van der Waals surface area contributed by atoms with E-state index in [2.05, 4.69) is 10.3 Å². The molecule has 2 amide bonds. The number of ether oxygens (including phenoxy) is 2. The lowest BCUT2D eigenvalue weighted by atomic mass is 10.2. The molecule has 1 aliphatic rings. The quantitative estimate of drug-likeness (QED) is 0.729. The fourth-order valence-electron chi connectivity index (χ4n) is 3.76. The van der Waals surface area contributed by atoms with Gasteiger partial charge in [0.25, 0.3) is 0 Å². The van der Waals surface area contributed by atoms with E-state index in [1.54, 1.807) is 59.7 Å². The number of carbonyl (C=O) groups excluding carboxylic acids is 1. The van der Waals surface area contributed by atoms with Gasteiger partial charge in [-0.3, -0.25) is 9.13 Å². The Kier molecular flexibility index (Phi) is 4.87. The number of nitrogens with one attached hydrogen (secondary N) is 1. The summed E-state index contributed by atoms with van der Waals surface area (Å²) in [5, 5.41) is 2.88. The van der Waals surface area contributed by atoms with E-state index in [1.807, 2.05) is 12.1 Å². The molecule has 0 spiro atoms. The van der Waals surface area contributed by atoms with Crippen LogP contribution in [0.25, 0.3) is 11.2 Å². The van der Waals surface area contributed by atoms with Crippen molar-refractivity contribution < 1.29 is 14.3 Å². The van der Waals surface area contributed by atoms with Crippen LogP contribution in [-0.2, 0) is 7.05 Å². The summed E-state index contributed by atoms with van der Waals surface area (Å²) in [6.07, 6.45) is 2.35. The smallest absolute Gasteiger partial charge is 0.330 e. The number of aryl methyl sites for hydroxylation is 1. The van der Waals surface area contributed by atoms with Crippen molar-refractivity contribution in [2.45, 2.75) is 12.5 Å². The van der Waals surface area contributed by atoms with Gasteiger partial charge in [-0.2, -0.15) is 0 Å². The summed E-state index contributed by atoms with van der Waals surface area (Å²) in [7, 11) is 4.84. The molecule has 1 aliphatic heterocycles. The van der Waals surface area contributed by atoms with Crippen LogP contribution in [0, 0.1) is 0 Å². The summed E-state index contributed by atoms with van der Waals surface area (Å²) in [5.74, 6) is 1.16. The molecule has 0 radical (unpaired) electrons. The van der Waals surface area contributed by atoms with Crippen molar-refractivity contribution in [1.29, 1.82) is 0 Å². The van der Waals surface area contributed by atoms with Crippen LogP contribution in [0.4, 0.5) is 10.5 Å². The number of hydrogen-bond acceptors (Lipinski definition) is 5. The van der Waals surface area contributed by atoms with E-state index in [-0.39, 0.29) is 17.8 Å². The molecule has 0 saturated carbocycles. The number of urea groups is 1. The molecular weight excluding hydrogens is 374 g/mol. The SMILES string of the molecule is COc1ccc(OC)c(NC(=O)N2CCC(n3c(=O)n(C)c4cccnc43)C2)c1. The number of amides is 2. The standard InChI is InChI=1S/C20H23N5O4/c1-23-16-5-4-9-21-18(16)25(20(23)27)13-8-10-24(12-13)19(26)22-15-11-14(28-2)6-7-17(15)29-3/h4-7,9,11,13H,8,10,12H2,1-3H3,(H,22,26). The topological polar surface area (TPSA) is 90.6 Å². The highest BCUT2D eigenvalue weighted by Crippen LogP contribution is 2.30. The van der Waals surface area contributed by atoms with Gasteiger partial charge < -0.3 is 19.7 Å². The largest absolute Gasteiger partial charge is 0.497 e. The molecule has 152 valence electrons. The minimum absolute atomic E-state index is 0.125. The predicted molar refractivity (Wildman–Crippen MR) is 109 cm³/mol. The van der Waals surface area contributed by atoms with Gasteiger partial charge in [0.2, 0.25) is 0 Å². The Morgan fingerprint density at radius 3 is 2.83 bits per heavy atom. The maximum Gasteiger partial charge on any atom is 0.330 e. The van der Waals surface area contributed by atoms with Crippen LogP contribution in [0.1, 0.15) is 12.5 Å². The first kappa shape index (κ1) is 18.9. The number of imidazole rings is 1. The zero-order valence-electron chi connectivity index (χ0n) is 16.6. The molecule has 1 fully saturated rings. The molecule has 1 unspecified atom stereocenters. The van der Waals surface area contributed by atoms with Crippen LogP contribution in [0.3, 0.4) is 0 Å². The Balaban J connectivity index is 1.55. The minimum atomic E-state index is -0.250. The van der Waals surface area contributed by atoms with Crippen molar-refractivity contribution in [3.8, 4) is 11.5 Å².